The van der Waals surface area contributed by atoms with Crippen molar-refractivity contribution in [3.05, 3.63) is 0 Å². The van der Waals surface area contributed by atoms with E-state index >= 15 is 0 Å². The van der Waals surface area contributed by atoms with Crippen LogP contribution >= 0.6 is 0 Å². The molecule has 1 unspecified atom stereocenters. The van der Waals surface area contributed by atoms with Crippen molar-refractivity contribution in [2.75, 3.05) is 60.9 Å². The van der Waals surface area contributed by atoms with Crippen molar-refractivity contribution in [3.8, 4) is 0 Å². The molecule has 0 spiro atoms. The fraction of sp³-hybridized carbons (Fsp3) is 1.00. The number of rotatable bonds is 6. The van der Waals surface area contributed by atoms with Crippen LogP contribution in [0.1, 0.15) is 25.7 Å². The van der Waals surface area contributed by atoms with Crippen LogP contribution in [0, 0.1) is 0 Å². The third-order valence-corrected chi connectivity index (χ3v) is 4.43. The SMILES string of the molecule is CN(C)CCCN(C)C1(CN)CCCN(C)CC1. The van der Waals surface area contributed by atoms with Gasteiger partial charge < -0.3 is 15.5 Å². The van der Waals surface area contributed by atoms with E-state index in [4.69, 9.17) is 5.73 Å². The predicted molar refractivity (Wildman–Crippen MR) is 78.9 cm³/mol. The molecule has 0 aromatic carbocycles. The van der Waals surface area contributed by atoms with Gasteiger partial charge in [0, 0.05) is 12.1 Å². The van der Waals surface area contributed by atoms with Crippen LogP contribution in [0.15, 0.2) is 0 Å². The van der Waals surface area contributed by atoms with Crippen LogP contribution in [-0.2, 0) is 0 Å². The third-order valence-electron chi connectivity index (χ3n) is 4.43. The quantitative estimate of drug-likeness (QED) is 0.758. The number of nitrogens with two attached hydrogens (primary N) is 1. The second kappa shape index (κ2) is 7.43. The van der Waals surface area contributed by atoms with Gasteiger partial charge in [-0.3, -0.25) is 4.90 Å². The number of likely N-dealkylation sites (N-methyl/N-ethyl adjacent to an activating group) is 1. The van der Waals surface area contributed by atoms with Gasteiger partial charge in [-0.25, -0.2) is 0 Å². The second-order valence-electron chi connectivity index (χ2n) is 6.16. The van der Waals surface area contributed by atoms with E-state index in [0.717, 1.165) is 19.6 Å². The zero-order chi connectivity index (χ0) is 13.6. The molecule has 108 valence electrons. The van der Waals surface area contributed by atoms with Gasteiger partial charge in [0.1, 0.15) is 0 Å². The molecule has 0 amide bonds. The van der Waals surface area contributed by atoms with Crippen LogP contribution in [0.3, 0.4) is 0 Å². The van der Waals surface area contributed by atoms with E-state index in [2.05, 4.69) is 42.9 Å². The molecule has 0 radical (unpaired) electrons. The average molecular weight is 256 g/mol. The second-order valence-corrected chi connectivity index (χ2v) is 6.16. The molecule has 0 aromatic heterocycles. The van der Waals surface area contributed by atoms with Crippen molar-refractivity contribution >= 4 is 0 Å². The van der Waals surface area contributed by atoms with Gasteiger partial charge in [-0.1, -0.05) is 0 Å². The Morgan fingerprint density at radius 3 is 2.44 bits per heavy atom. The van der Waals surface area contributed by atoms with E-state index < -0.39 is 0 Å². The monoisotopic (exact) mass is 256 g/mol. The maximum atomic E-state index is 6.11. The molecule has 1 fully saturated rings. The largest absolute Gasteiger partial charge is 0.329 e. The van der Waals surface area contributed by atoms with E-state index in [-0.39, 0.29) is 5.54 Å². The summed E-state index contributed by atoms with van der Waals surface area (Å²) >= 11 is 0. The fourth-order valence-corrected chi connectivity index (χ4v) is 2.92. The summed E-state index contributed by atoms with van der Waals surface area (Å²) in [6.45, 7) is 5.49. The van der Waals surface area contributed by atoms with Crippen molar-refractivity contribution in [2.24, 2.45) is 5.73 Å². The van der Waals surface area contributed by atoms with Crippen molar-refractivity contribution in [3.63, 3.8) is 0 Å². The lowest BCUT2D eigenvalue weighted by molar-refractivity contribution is 0.104. The topological polar surface area (TPSA) is 35.7 Å². The third kappa shape index (κ3) is 4.50. The molecular formula is C14H32N4. The summed E-state index contributed by atoms with van der Waals surface area (Å²) in [5.74, 6) is 0. The van der Waals surface area contributed by atoms with E-state index in [1.54, 1.807) is 0 Å². The zero-order valence-corrected chi connectivity index (χ0v) is 12.8. The van der Waals surface area contributed by atoms with Gasteiger partial charge in [0.25, 0.3) is 0 Å². The van der Waals surface area contributed by atoms with Gasteiger partial charge in [0.2, 0.25) is 0 Å². The molecule has 18 heavy (non-hydrogen) atoms. The van der Waals surface area contributed by atoms with Gasteiger partial charge in [0.15, 0.2) is 0 Å². The first-order valence-corrected chi connectivity index (χ1v) is 7.25. The first kappa shape index (κ1) is 15.9. The Morgan fingerprint density at radius 1 is 1.11 bits per heavy atom. The molecule has 4 nitrogen and oxygen atoms in total. The highest BCUT2D eigenvalue weighted by atomic mass is 15.2. The smallest absolute Gasteiger partial charge is 0.0341 e. The van der Waals surface area contributed by atoms with Crippen molar-refractivity contribution in [2.45, 2.75) is 31.2 Å². The summed E-state index contributed by atoms with van der Waals surface area (Å²) in [6.07, 6.45) is 4.94. The van der Waals surface area contributed by atoms with Gasteiger partial charge in [-0.2, -0.15) is 0 Å². The summed E-state index contributed by atoms with van der Waals surface area (Å²) in [6, 6.07) is 0. The predicted octanol–water partition coefficient (Wildman–Crippen LogP) is 0.683. The van der Waals surface area contributed by atoms with Crippen LogP contribution in [-0.4, -0.2) is 81.2 Å². The van der Waals surface area contributed by atoms with Crippen molar-refractivity contribution in [1.29, 1.82) is 0 Å². The Hall–Kier alpha value is -0.160. The highest BCUT2D eigenvalue weighted by Crippen LogP contribution is 2.26. The lowest BCUT2D eigenvalue weighted by Crippen LogP contribution is -2.53. The molecule has 1 atom stereocenters. The molecule has 0 saturated carbocycles. The maximum absolute atomic E-state index is 6.11. The summed E-state index contributed by atoms with van der Waals surface area (Å²) in [4.78, 5) is 7.21. The lowest BCUT2D eigenvalue weighted by Gasteiger charge is -2.41. The molecule has 1 heterocycles. The molecular weight excluding hydrogens is 224 g/mol. The van der Waals surface area contributed by atoms with Crippen LogP contribution in [0.5, 0.6) is 0 Å². The Morgan fingerprint density at radius 2 is 1.83 bits per heavy atom. The number of likely N-dealkylation sites (tertiary alicyclic amines) is 1. The Labute approximate surface area is 113 Å². The van der Waals surface area contributed by atoms with E-state index in [1.807, 2.05) is 0 Å². The lowest BCUT2D eigenvalue weighted by atomic mass is 9.88. The maximum Gasteiger partial charge on any atom is 0.0341 e. The standard InChI is InChI=1S/C14H32N4/c1-16(2)9-6-11-18(4)14(13-15)7-5-10-17(3)12-8-14/h5-13,15H2,1-4H3. The molecule has 2 N–H and O–H groups in total. The minimum atomic E-state index is 0.233. The Balaban J connectivity index is 2.51. The first-order chi connectivity index (χ1) is 8.50. The number of hydrogen-bond acceptors (Lipinski definition) is 4. The summed E-state index contributed by atoms with van der Waals surface area (Å²) in [5, 5.41) is 0. The minimum absolute atomic E-state index is 0.233. The van der Waals surface area contributed by atoms with Crippen LogP contribution in [0.25, 0.3) is 0 Å². The van der Waals surface area contributed by atoms with E-state index in [0.29, 0.717) is 0 Å². The Kier molecular flexibility index (Phi) is 6.57. The summed E-state index contributed by atoms with van der Waals surface area (Å²) in [5.41, 5.74) is 6.35. The van der Waals surface area contributed by atoms with Gasteiger partial charge in [-0.05, 0) is 80.1 Å². The molecule has 0 bridgehead atoms. The van der Waals surface area contributed by atoms with Crippen molar-refractivity contribution < 1.29 is 0 Å². The molecule has 1 aliphatic heterocycles. The zero-order valence-electron chi connectivity index (χ0n) is 12.8. The normalized spacial score (nSPS) is 26.8. The first-order valence-electron chi connectivity index (χ1n) is 7.25. The van der Waals surface area contributed by atoms with Gasteiger partial charge in [-0.15, -0.1) is 0 Å². The summed E-state index contributed by atoms with van der Waals surface area (Å²) < 4.78 is 0. The Bertz CT molecular complexity index is 232. The highest BCUT2D eigenvalue weighted by molar-refractivity contribution is 4.93. The van der Waals surface area contributed by atoms with Gasteiger partial charge in [0.05, 0.1) is 0 Å². The van der Waals surface area contributed by atoms with Crippen LogP contribution < -0.4 is 5.73 Å². The molecule has 1 aliphatic rings. The van der Waals surface area contributed by atoms with E-state index in [1.165, 1.54) is 38.8 Å². The number of hydrogen-bond donors (Lipinski definition) is 1. The fourth-order valence-electron chi connectivity index (χ4n) is 2.92. The molecule has 0 aromatic rings. The minimum Gasteiger partial charge on any atom is -0.329 e. The van der Waals surface area contributed by atoms with E-state index in [9.17, 15) is 0 Å². The van der Waals surface area contributed by atoms with Crippen molar-refractivity contribution in [1.82, 2.24) is 14.7 Å². The molecule has 4 heteroatoms. The molecule has 1 rings (SSSR count). The highest BCUT2D eigenvalue weighted by Gasteiger charge is 2.34. The molecule has 0 aliphatic carbocycles. The van der Waals surface area contributed by atoms with Crippen LogP contribution in [0.2, 0.25) is 0 Å². The van der Waals surface area contributed by atoms with Gasteiger partial charge >= 0.3 is 0 Å². The number of nitrogens with zero attached hydrogens (tertiary/aromatic N) is 3. The van der Waals surface area contributed by atoms with Crippen LogP contribution in [0.4, 0.5) is 0 Å². The summed E-state index contributed by atoms with van der Waals surface area (Å²) in [7, 11) is 8.76. The average Bonchev–Trinajstić information content (AvgIpc) is 2.51. The molecule has 1 saturated heterocycles.